The topological polar surface area (TPSA) is 120 Å². The van der Waals surface area contributed by atoms with E-state index in [4.69, 9.17) is 14.2 Å². The Morgan fingerprint density at radius 3 is 2.51 bits per heavy atom. The third-order valence-electron chi connectivity index (χ3n) is 7.20. The Morgan fingerprint density at radius 1 is 1.09 bits per heavy atom. The number of para-hydroxylation sites is 2. The number of hydrogen-bond acceptors (Lipinski definition) is 9. The van der Waals surface area contributed by atoms with Crippen molar-refractivity contribution in [1.82, 2.24) is 14.9 Å². The molecule has 1 fully saturated rings. The minimum absolute atomic E-state index is 0.00931. The van der Waals surface area contributed by atoms with Gasteiger partial charge in [-0.1, -0.05) is 26.0 Å². The first-order chi connectivity index (χ1) is 20.9. The summed E-state index contributed by atoms with van der Waals surface area (Å²) < 4.78 is 17.2. The molecule has 1 saturated heterocycles. The van der Waals surface area contributed by atoms with Crippen molar-refractivity contribution < 1.29 is 23.9 Å². The van der Waals surface area contributed by atoms with Crippen LogP contribution in [0.1, 0.15) is 37.0 Å². The number of fused-ring (bicyclic) bond motifs is 1. The first-order valence-corrected chi connectivity index (χ1v) is 16.2. The van der Waals surface area contributed by atoms with Gasteiger partial charge in [0.25, 0.3) is 11.6 Å². The molecule has 1 N–H and O–H groups in total. The second-order valence-electron chi connectivity index (χ2n) is 9.80. The summed E-state index contributed by atoms with van der Waals surface area (Å²) >= 11 is 3.63. The Kier molecular flexibility index (Phi) is 9.98. The SMILES string of the molecule is CCSC(SCC)[C@@H]1CCCN1C(=O)c1cc(OC)c(OCOc2ccc(-c3nc4ccccc4[nH]3)cc2)cc1[N+](=O)[O-]. The van der Waals surface area contributed by atoms with Crippen molar-refractivity contribution in [2.75, 3.05) is 32.0 Å². The van der Waals surface area contributed by atoms with Gasteiger partial charge < -0.3 is 24.1 Å². The lowest BCUT2D eigenvalue weighted by molar-refractivity contribution is -0.385. The van der Waals surface area contributed by atoms with Gasteiger partial charge in [0.1, 0.15) is 17.1 Å². The Hall–Kier alpha value is -3.90. The number of carbonyl (C=O) groups is 1. The van der Waals surface area contributed by atoms with E-state index in [9.17, 15) is 14.9 Å². The Labute approximate surface area is 258 Å². The number of aromatic nitrogens is 2. The third-order valence-corrected chi connectivity index (χ3v) is 9.97. The van der Waals surface area contributed by atoms with Crippen LogP contribution >= 0.6 is 23.5 Å². The van der Waals surface area contributed by atoms with Gasteiger partial charge in [0.15, 0.2) is 11.5 Å². The normalized spacial score (nSPS) is 14.8. The number of H-pyrrole nitrogens is 1. The van der Waals surface area contributed by atoms with Crippen molar-refractivity contribution in [3.63, 3.8) is 0 Å². The highest BCUT2D eigenvalue weighted by Gasteiger charge is 2.38. The van der Waals surface area contributed by atoms with E-state index in [0.717, 1.165) is 46.8 Å². The lowest BCUT2D eigenvalue weighted by atomic mass is 10.1. The number of nitro benzene ring substituents is 1. The number of nitro groups is 1. The highest BCUT2D eigenvalue weighted by molar-refractivity contribution is 8.17. The number of methoxy groups -OCH3 is 1. The highest BCUT2D eigenvalue weighted by Crippen LogP contribution is 2.39. The summed E-state index contributed by atoms with van der Waals surface area (Å²) in [6, 6.07) is 17.8. The molecule has 4 aromatic rings. The summed E-state index contributed by atoms with van der Waals surface area (Å²) in [5.74, 6) is 3.13. The first kappa shape index (κ1) is 30.6. The molecule has 2 heterocycles. The molecule has 3 aromatic carbocycles. The van der Waals surface area contributed by atoms with E-state index in [-0.39, 0.29) is 46.1 Å². The number of imidazole rings is 1. The second kappa shape index (κ2) is 14.0. The van der Waals surface area contributed by atoms with E-state index in [2.05, 4.69) is 23.8 Å². The maximum absolute atomic E-state index is 13.7. The number of rotatable bonds is 13. The van der Waals surface area contributed by atoms with Crippen LogP contribution < -0.4 is 14.2 Å². The van der Waals surface area contributed by atoms with Crippen LogP contribution in [0.25, 0.3) is 22.4 Å². The number of nitrogens with one attached hydrogen (secondary N) is 1. The minimum Gasteiger partial charge on any atom is -0.493 e. The van der Waals surface area contributed by atoms with Crippen LogP contribution in [0.4, 0.5) is 5.69 Å². The van der Waals surface area contributed by atoms with Crippen molar-refractivity contribution in [3.05, 3.63) is 76.3 Å². The Bertz CT molecular complexity index is 1540. The van der Waals surface area contributed by atoms with Gasteiger partial charge in [-0.25, -0.2) is 4.98 Å². The van der Waals surface area contributed by atoms with Crippen LogP contribution in [0.2, 0.25) is 0 Å². The molecule has 0 saturated carbocycles. The van der Waals surface area contributed by atoms with E-state index < -0.39 is 4.92 Å². The van der Waals surface area contributed by atoms with E-state index in [0.29, 0.717) is 12.3 Å². The quantitative estimate of drug-likeness (QED) is 0.0955. The lowest BCUT2D eigenvalue weighted by Crippen LogP contribution is -2.41. The number of hydrogen-bond donors (Lipinski definition) is 1. The van der Waals surface area contributed by atoms with Crippen molar-refractivity contribution in [2.45, 2.75) is 37.3 Å². The number of carbonyl (C=O) groups excluding carboxylic acids is 1. The molecule has 0 unspecified atom stereocenters. The molecule has 1 amide bonds. The maximum Gasteiger partial charge on any atom is 0.286 e. The summed E-state index contributed by atoms with van der Waals surface area (Å²) in [6.07, 6.45) is 1.74. The molecule has 0 radical (unpaired) electrons. The zero-order valence-corrected chi connectivity index (χ0v) is 25.9. The van der Waals surface area contributed by atoms with Gasteiger partial charge in [-0.05, 0) is 60.7 Å². The van der Waals surface area contributed by atoms with Crippen LogP contribution in [0.3, 0.4) is 0 Å². The number of nitrogens with zero attached hydrogens (tertiary/aromatic N) is 3. The van der Waals surface area contributed by atoms with Crippen LogP contribution in [0.15, 0.2) is 60.7 Å². The summed E-state index contributed by atoms with van der Waals surface area (Å²) in [4.78, 5) is 35.0. The average molecular weight is 623 g/mol. The molecule has 10 nitrogen and oxygen atoms in total. The van der Waals surface area contributed by atoms with E-state index in [1.807, 2.05) is 59.9 Å². The molecule has 0 aliphatic carbocycles. The largest absolute Gasteiger partial charge is 0.493 e. The molecule has 1 aliphatic rings. The zero-order valence-electron chi connectivity index (χ0n) is 24.3. The van der Waals surface area contributed by atoms with E-state index in [1.54, 1.807) is 17.0 Å². The second-order valence-corrected chi connectivity index (χ2v) is 12.9. The maximum atomic E-state index is 13.7. The highest BCUT2D eigenvalue weighted by atomic mass is 32.2. The predicted molar refractivity (Wildman–Crippen MR) is 171 cm³/mol. The van der Waals surface area contributed by atoms with E-state index >= 15 is 0 Å². The summed E-state index contributed by atoms with van der Waals surface area (Å²) in [7, 11) is 1.43. The molecular weight excluding hydrogens is 588 g/mol. The summed E-state index contributed by atoms with van der Waals surface area (Å²) in [5, 5.41) is 12.1. The smallest absolute Gasteiger partial charge is 0.286 e. The summed E-state index contributed by atoms with van der Waals surface area (Å²) in [6.45, 7) is 4.55. The molecule has 1 aliphatic heterocycles. The molecule has 0 spiro atoms. The number of likely N-dealkylation sites (tertiary alicyclic amines) is 1. The molecule has 1 aromatic heterocycles. The molecule has 1 atom stereocenters. The van der Waals surface area contributed by atoms with Crippen molar-refractivity contribution in [1.29, 1.82) is 0 Å². The number of amides is 1. The molecule has 0 bridgehead atoms. The van der Waals surface area contributed by atoms with Crippen LogP contribution in [0.5, 0.6) is 17.2 Å². The number of benzene rings is 3. The number of aromatic amines is 1. The van der Waals surface area contributed by atoms with Crippen LogP contribution in [-0.2, 0) is 0 Å². The average Bonchev–Trinajstić information content (AvgIpc) is 3.68. The molecule has 5 rings (SSSR count). The Morgan fingerprint density at radius 2 is 1.84 bits per heavy atom. The van der Waals surface area contributed by atoms with Crippen LogP contribution in [0, 0.1) is 10.1 Å². The molecule has 12 heteroatoms. The van der Waals surface area contributed by atoms with Gasteiger partial charge in [0, 0.05) is 18.2 Å². The van der Waals surface area contributed by atoms with Crippen molar-refractivity contribution in [2.24, 2.45) is 0 Å². The monoisotopic (exact) mass is 622 g/mol. The van der Waals surface area contributed by atoms with Crippen molar-refractivity contribution in [3.8, 4) is 28.6 Å². The Balaban J connectivity index is 1.29. The fourth-order valence-corrected chi connectivity index (χ4v) is 8.05. The van der Waals surface area contributed by atoms with Gasteiger partial charge in [-0.2, -0.15) is 0 Å². The fourth-order valence-electron chi connectivity index (χ4n) is 5.18. The van der Waals surface area contributed by atoms with Gasteiger partial charge >= 0.3 is 0 Å². The fraction of sp³-hybridized carbons (Fsp3) is 0.355. The number of thioether (sulfide) groups is 2. The van der Waals surface area contributed by atoms with Gasteiger partial charge in [-0.3, -0.25) is 14.9 Å². The standard InChI is InChI=1S/C31H34N4O6S2/c1-4-42-31(43-5-2)25-11-8-16-34(25)30(36)22-17-27(39-3)28(18-26(22)35(37)38)41-19-40-21-14-12-20(13-15-21)29-32-23-9-6-7-10-24(23)33-29/h6-7,9-10,12-15,17-18,25,31H,4-5,8,11,16,19H2,1-3H3,(H,32,33)/t25-/m0/s1. The lowest BCUT2D eigenvalue weighted by Gasteiger charge is -2.31. The predicted octanol–water partition coefficient (Wildman–Crippen LogP) is 7.00. The first-order valence-electron chi connectivity index (χ1n) is 14.1. The number of ether oxygens (including phenoxy) is 3. The summed E-state index contributed by atoms with van der Waals surface area (Å²) in [5.41, 5.74) is 2.40. The van der Waals surface area contributed by atoms with Gasteiger partial charge in [-0.15, -0.1) is 23.5 Å². The zero-order chi connectivity index (χ0) is 30.3. The molecule has 226 valence electrons. The van der Waals surface area contributed by atoms with Gasteiger partial charge in [0.05, 0.1) is 39.8 Å². The van der Waals surface area contributed by atoms with E-state index in [1.165, 1.54) is 19.2 Å². The van der Waals surface area contributed by atoms with Crippen LogP contribution in [-0.4, -0.2) is 68.3 Å². The molecule has 43 heavy (non-hydrogen) atoms. The van der Waals surface area contributed by atoms with Crippen molar-refractivity contribution >= 4 is 46.2 Å². The minimum atomic E-state index is -0.554. The van der Waals surface area contributed by atoms with Gasteiger partial charge in [0.2, 0.25) is 6.79 Å². The third kappa shape index (κ3) is 6.86. The molecular formula is C31H34N4O6S2.